The van der Waals surface area contributed by atoms with Crippen LogP contribution >= 0.6 is 11.5 Å². The van der Waals surface area contributed by atoms with Crippen molar-refractivity contribution < 1.29 is 19.1 Å². The first kappa shape index (κ1) is 25.7. The zero-order valence-corrected chi connectivity index (χ0v) is 21.1. The number of ether oxygens (including phenoxy) is 1. The fourth-order valence-corrected chi connectivity index (χ4v) is 4.62. The number of methoxy groups -OCH3 is 1. The number of nitrogens with one attached hydrogen (secondary N) is 1. The molecule has 2 heterocycles. The standard InChI is InChI=1S/C26H26N6O4S/c1-15-5-8-18(9-6-15)32(26(35)23-20(27)21(24(28)33)31-37-23)22(25(34)30-12-13-36-2)17-7-10-19-16(14-17)4-3-11-29-19/h3-11,14,22H,12-13,27H2,1-2H3,(H2,28,33)(H,30,34)/t22-/m0/s1. The van der Waals surface area contributed by atoms with E-state index in [-0.39, 0.29) is 22.8 Å². The third-order valence-electron chi connectivity index (χ3n) is 5.74. The second-order valence-corrected chi connectivity index (χ2v) is 9.06. The molecule has 2 aromatic carbocycles. The van der Waals surface area contributed by atoms with Gasteiger partial charge in [-0.15, -0.1) is 0 Å². The maximum absolute atomic E-state index is 14.0. The number of pyridine rings is 1. The Hall–Kier alpha value is -4.35. The van der Waals surface area contributed by atoms with E-state index in [1.54, 1.807) is 36.5 Å². The normalized spacial score (nSPS) is 11.7. The maximum Gasteiger partial charge on any atom is 0.273 e. The van der Waals surface area contributed by atoms with Crippen molar-refractivity contribution in [1.29, 1.82) is 0 Å². The van der Waals surface area contributed by atoms with Crippen molar-refractivity contribution >= 4 is 51.5 Å². The molecule has 11 heteroatoms. The molecule has 0 aliphatic rings. The average molecular weight is 519 g/mol. The van der Waals surface area contributed by atoms with Crippen LogP contribution in [0, 0.1) is 6.92 Å². The number of nitrogens with two attached hydrogens (primary N) is 2. The largest absolute Gasteiger partial charge is 0.395 e. The Labute approximate surface area is 217 Å². The lowest BCUT2D eigenvalue weighted by Crippen LogP contribution is -2.44. The molecular formula is C26H26N6O4S. The monoisotopic (exact) mass is 518 g/mol. The van der Waals surface area contributed by atoms with Crippen molar-refractivity contribution in [3.8, 4) is 0 Å². The van der Waals surface area contributed by atoms with E-state index in [0.29, 0.717) is 17.9 Å². The van der Waals surface area contributed by atoms with Crippen molar-refractivity contribution in [2.75, 3.05) is 30.9 Å². The van der Waals surface area contributed by atoms with Crippen LogP contribution in [0.25, 0.3) is 10.9 Å². The molecule has 4 aromatic rings. The number of nitrogen functional groups attached to an aromatic ring is 1. The fraction of sp³-hybridized carbons (Fsp3) is 0.192. The summed E-state index contributed by atoms with van der Waals surface area (Å²) in [5.74, 6) is -1.86. The summed E-state index contributed by atoms with van der Waals surface area (Å²) in [6, 6.07) is 15.1. The van der Waals surface area contributed by atoms with Crippen LogP contribution in [0.5, 0.6) is 0 Å². The number of anilines is 2. The number of aromatic nitrogens is 2. The van der Waals surface area contributed by atoms with Crippen LogP contribution in [0.15, 0.2) is 60.8 Å². The van der Waals surface area contributed by atoms with Crippen molar-refractivity contribution in [3.05, 3.63) is 82.5 Å². The number of amides is 3. The molecule has 0 aliphatic carbocycles. The van der Waals surface area contributed by atoms with Gasteiger partial charge in [0.15, 0.2) is 5.69 Å². The third-order valence-corrected chi connectivity index (χ3v) is 6.59. The summed E-state index contributed by atoms with van der Waals surface area (Å²) in [5, 5.41) is 3.65. The summed E-state index contributed by atoms with van der Waals surface area (Å²) in [4.78, 5) is 45.2. The highest BCUT2D eigenvalue weighted by Gasteiger charge is 2.36. The molecule has 0 saturated carbocycles. The smallest absolute Gasteiger partial charge is 0.273 e. The van der Waals surface area contributed by atoms with Gasteiger partial charge in [0.1, 0.15) is 10.9 Å². The van der Waals surface area contributed by atoms with E-state index in [9.17, 15) is 14.4 Å². The van der Waals surface area contributed by atoms with E-state index in [0.717, 1.165) is 28.0 Å². The van der Waals surface area contributed by atoms with Crippen molar-refractivity contribution in [3.63, 3.8) is 0 Å². The molecule has 1 atom stereocenters. The Morgan fingerprint density at radius 3 is 2.57 bits per heavy atom. The van der Waals surface area contributed by atoms with Crippen LogP contribution < -0.4 is 21.7 Å². The minimum atomic E-state index is -1.09. The van der Waals surface area contributed by atoms with E-state index in [1.165, 1.54) is 12.0 Å². The predicted molar refractivity (Wildman–Crippen MR) is 142 cm³/mol. The molecule has 5 N–H and O–H groups in total. The summed E-state index contributed by atoms with van der Waals surface area (Å²) in [6.07, 6.45) is 1.68. The van der Waals surface area contributed by atoms with Gasteiger partial charge in [-0.05, 0) is 54.4 Å². The van der Waals surface area contributed by atoms with Gasteiger partial charge in [-0.3, -0.25) is 24.3 Å². The Morgan fingerprint density at radius 2 is 1.89 bits per heavy atom. The highest BCUT2D eigenvalue weighted by Crippen LogP contribution is 2.34. The van der Waals surface area contributed by atoms with Crippen molar-refractivity contribution in [2.45, 2.75) is 13.0 Å². The highest BCUT2D eigenvalue weighted by molar-refractivity contribution is 7.09. The second kappa shape index (κ2) is 11.1. The lowest BCUT2D eigenvalue weighted by atomic mass is 10.00. The second-order valence-electron chi connectivity index (χ2n) is 8.29. The summed E-state index contributed by atoms with van der Waals surface area (Å²) in [7, 11) is 1.53. The number of fused-ring (bicyclic) bond motifs is 1. The van der Waals surface area contributed by atoms with Crippen molar-refractivity contribution in [1.82, 2.24) is 14.7 Å². The molecule has 10 nitrogen and oxygen atoms in total. The molecule has 0 unspecified atom stereocenters. The summed E-state index contributed by atoms with van der Waals surface area (Å²) < 4.78 is 9.06. The first-order valence-electron chi connectivity index (χ1n) is 11.4. The van der Waals surface area contributed by atoms with Gasteiger partial charge in [0, 0.05) is 30.9 Å². The van der Waals surface area contributed by atoms with Crippen LogP contribution in [0.4, 0.5) is 11.4 Å². The van der Waals surface area contributed by atoms with Crippen LogP contribution in [0.3, 0.4) is 0 Å². The molecule has 0 spiro atoms. The van der Waals surface area contributed by atoms with Gasteiger partial charge in [0.2, 0.25) is 5.91 Å². The van der Waals surface area contributed by atoms with E-state index < -0.39 is 23.8 Å². The molecule has 3 amide bonds. The maximum atomic E-state index is 14.0. The SMILES string of the molecule is COCCNC(=O)[C@H](c1ccc2ncccc2c1)N(C(=O)c1snc(C(N)=O)c1N)c1ccc(C)cc1. The van der Waals surface area contributed by atoms with Crippen LogP contribution in [0.1, 0.15) is 37.3 Å². The lowest BCUT2D eigenvalue weighted by molar-refractivity contribution is -0.122. The molecule has 0 radical (unpaired) electrons. The average Bonchev–Trinajstić information content (AvgIpc) is 3.29. The van der Waals surface area contributed by atoms with E-state index >= 15 is 0 Å². The quantitative estimate of drug-likeness (QED) is 0.288. The topological polar surface area (TPSA) is 154 Å². The highest BCUT2D eigenvalue weighted by atomic mass is 32.1. The predicted octanol–water partition coefficient (Wildman–Crippen LogP) is 2.83. The Balaban J connectivity index is 1.89. The van der Waals surface area contributed by atoms with E-state index in [1.807, 2.05) is 31.2 Å². The van der Waals surface area contributed by atoms with Gasteiger partial charge >= 0.3 is 0 Å². The van der Waals surface area contributed by atoms with Gasteiger partial charge in [0.25, 0.3) is 11.8 Å². The number of hydrogen-bond donors (Lipinski definition) is 3. The first-order valence-corrected chi connectivity index (χ1v) is 12.2. The van der Waals surface area contributed by atoms with Crippen LogP contribution in [-0.2, 0) is 9.53 Å². The molecule has 0 saturated heterocycles. The number of primary amides is 1. The van der Waals surface area contributed by atoms with Crippen LogP contribution in [-0.4, -0.2) is 47.3 Å². The Morgan fingerprint density at radius 1 is 1.14 bits per heavy atom. The van der Waals surface area contributed by atoms with Gasteiger partial charge < -0.3 is 21.5 Å². The molecule has 190 valence electrons. The van der Waals surface area contributed by atoms with Crippen molar-refractivity contribution in [2.24, 2.45) is 5.73 Å². The first-order chi connectivity index (χ1) is 17.8. The number of hydrogen-bond acceptors (Lipinski definition) is 8. The minimum absolute atomic E-state index is 0.00604. The van der Waals surface area contributed by atoms with E-state index in [4.69, 9.17) is 16.2 Å². The van der Waals surface area contributed by atoms with Gasteiger partial charge in [-0.2, -0.15) is 4.37 Å². The van der Waals surface area contributed by atoms with Gasteiger partial charge in [0.05, 0.1) is 17.8 Å². The third kappa shape index (κ3) is 5.42. The fourth-order valence-electron chi connectivity index (χ4n) is 3.88. The van der Waals surface area contributed by atoms with E-state index in [2.05, 4.69) is 14.7 Å². The van der Waals surface area contributed by atoms with Gasteiger partial charge in [-0.25, -0.2) is 0 Å². The van der Waals surface area contributed by atoms with Crippen LogP contribution in [0.2, 0.25) is 0 Å². The number of carbonyl (C=O) groups is 3. The number of benzene rings is 2. The zero-order chi connectivity index (χ0) is 26.5. The minimum Gasteiger partial charge on any atom is -0.395 e. The molecule has 0 aliphatic heterocycles. The number of rotatable bonds is 9. The molecule has 0 bridgehead atoms. The molecule has 0 fully saturated rings. The molecular weight excluding hydrogens is 492 g/mol. The number of nitrogens with zero attached hydrogens (tertiary/aromatic N) is 3. The number of aryl methyl sites for hydroxylation is 1. The molecule has 37 heavy (non-hydrogen) atoms. The lowest BCUT2D eigenvalue weighted by Gasteiger charge is -2.31. The Bertz CT molecular complexity index is 1450. The Kier molecular flexibility index (Phi) is 7.75. The summed E-state index contributed by atoms with van der Waals surface area (Å²) in [6.45, 7) is 2.45. The van der Waals surface area contributed by atoms with Gasteiger partial charge in [-0.1, -0.05) is 29.8 Å². The summed E-state index contributed by atoms with van der Waals surface area (Å²) >= 11 is 0.758. The molecule has 4 rings (SSSR count). The zero-order valence-electron chi connectivity index (χ0n) is 20.3. The summed E-state index contributed by atoms with van der Waals surface area (Å²) in [5.41, 5.74) is 13.9. The molecule has 2 aromatic heterocycles. The number of carbonyl (C=O) groups excluding carboxylic acids is 3.